The standard InChI is InChI=1S/C3H6O2.K.H/c1-2-5-3-4;;/h3H,2H2,1H3;;/q;+1;-1. The maximum absolute atomic E-state index is 9.18. The monoisotopic (exact) mass is 114 g/mol. The second-order valence-electron chi connectivity index (χ2n) is 0.552. The minimum atomic E-state index is 0. The molecule has 0 saturated heterocycles. The molecule has 0 aliphatic heterocycles. The predicted octanol–water partition coefficient (Wildman–Crippen LogP) is -2.70. The normalized spacial score (nSPS) is 5.50. The fourth-order valence-corrected chi connectivity index (χ4v) is 0.0680. The number of carbonyl (C=O) groups excluding carboxylic acids is 1. The summed E-state index contributed by atoms with van der Waals surface area (Å²) >= 11 is 0. The average molecular weight is 114 g/mol. The van der Waals surface area contributed by atoms with Crippen molar-refractivity contribution in [2.24, 2.45) is 0 Å². The minimum Gasteiger partial charge on any atom is -1.00 e. The van der Waals surface area contributed by atoms with Gasteiger partial charge in [0, 0.05) is 0 Å². The molecule has 0 saturated carbocycles. The Labute approximate surface area is 81.2 Å². The third-order valence-corrected chi connectivity index (χ3v) is 0.235. The number of carbonyl (C=O) groups is 1. The van der Waals surface area contributed by atoms with Crippen molar-refractivity contribution in [3.8, 4) is 0 Å². The molecule has 3 heteroatoms. The van der Waals surface area contributed by atoms with E-state index in [1.54, 1.807) is 6.92 Å². The van der Waals surface area contributed by atoms with Gasteiger partial charge in [0.2, 0.25) is 0 Å². The first-order valence-corrected chi connectivity index (χ1v) is 1.47. The van der Waals surface area contributed by atoms with E-state index in [9.17, 15) is 4.79 Å². The van der Waals surface area contributed by atoms with Crippen molar-refractivity contribution in [1.29, 1.82) is 0 Å². The molecular weight excluding hydrogens is 107 g/mol. The van der Waals surface area contributed by atoms with Crippen LogP contribution in [0.25, 0.3) is 0 Å². The van der Waals surface area contributed by atoms with Crippen molar-refractivity contribution >= 4 is 6.47 Å². The molecule has 0 unspecified atom stereocenters. The number of hydrogen-bond donors (Lipinski definition) is 0. The van der Waals surface area contributed by atoms with Gasteiger partial charge in [-0.2, -0.15) is 0 Å². The molecule has 0 atom stereocenters. The number of ether oxygens (including phenoxy) is 1. The Balaban J connectivity index is -0.0000000800. The molecule has 0 aromatic rings. The molecule has 0 aliphatic rings. The number of rotatable bonds is 2. The van der Waals surface area contributed by atoms with Gasteiger partial charge in [-0.1, -0.05) is 0 Å². The van der Waals surface area contributed by atoms with Gasteiger partial charge in [-0.05, 0) is 6.92 Å². The average Bonchev–Trinajstić information content (AvgIpc) is 1.41. The summed E-state index contributed by atoms with van der Waals surface area (Å²) in [6.45, 7) is 2.66. The van der Waals surface area contributed by atoms with Gasteiger partial charge in [0.05, 0.1) is 6.61 Å². The molecule has 32 valence electrons. The van der Waals surface area contributed by atoms with E-state index in [0.29, 0.717) is 13.1 Å². The van der Waals surface area contributed by atoms with Crippen LogP contribution in [0.1, 0.15) is 8.35 Å². The van der Waals surface area contributed by atoms with Crippen molar-refractivity contribution in [3.05, 3.63) is 0 Å². The molecule has 0 aromatic heterocycles. The fourth-order valence-electron chi connectivity index (χ4n) is 0.0680. The summed E-state index contributed by atoms with van der Waals surface area (Å²) in [5.41, 5.74) is 0. The van der Waals surface area contributed by atoms with Crippen LogP contribution in [0.15, 0.2) is 0 Å². The summed E-state index contributed by atoms with van der Waals surface area (Å²) in [5.74, 6) is 0. The molecule has 0 rings (SSSR count). The van der Waals surface area contributed by atoms with Crippen LogP contribution in [0.2, 0.25) is 0 Å². The molecule has 0 aromatic carbocycles. The molecule has 0 aliphatic carbocycles. The Kier molecular flexibility index (Phi) is 16.0. The van der Waals surface area contributed by atoms with Crippen molar-refractivity contribution in [2.45, 2.75) is 6.92 Å². The third-order valence-electron chi connectivity index (χ3n) is 0.235. The first kappa shape index (κ1) is 10.2. The molecule has 2 nitrogen and oxygen atoms in total. The summed E-state index contributed by atoms with van der Waals surface area (Å²) in [4.78, 5) is 9.18. The molecule has 0 bridgehead atoms. The fraction of sp³-hybridized carbons (Fsp3) is 0.667. The zero-order valence-corrected chi connectivity index (χ0v) is 7.22. The van der Waals surface area contributed by atoms with Gasteiger partial charge in [0.1, 0.15) is 0 Å². The summed E-state index contributed by atoms with van der Waals surface area (Å²) in [6.07, 6.45) is 0. The summed E-state index contributed by atoms with van der Waals surface area (Å²) in [7, 11) is 0. The van der Waals surface area contributed by atoms with Crippen LogP contribution in [0.5, 0.6) is 0 Å². The van der Waals surface area contributed by atoms with Gasteiger partial charge in [-0.25, -0.2) is 0 Å². The van der Waals surface area contributed by atoms with Crippen LogP contribution < -0.4 is 51.4 Å². The smallest absolute Gasteiger partial charge is 1.00 e. The van der Waals surface area contributed by atoms with Crippen molar-refractivity contribution in [1.82, 2.24) is 0 Å². The van der Waals surface area contributed by atoms with Crippen LogP contribution in [0.4, 0.5) is 0 Å². The van der Waals surface area contributed by atoms with Gasteiger partial charge in [0.25, 0.3) is 6.47 Å². The second kappa shape index (κ2) is 9.44. The molecule has 0 radical (unpaired) electrons. The van der Waals surface area contributed by atoms with Crippen LogP contribution in [0.3, 0.4) is 0 Å². The number of hydrogen-bond acceptors (Lipinski definition) is 2. The zero-order chi connectivity index (χ0) is 4.12. The van der Waals surface area contributed by atoms with Crippen LogP contribution in [0, 0.1) is 0 Å². The van der Waals surface area contributed by atoms with E-state index in [2.05, 4.69) is 4.74 Å². The maximum atomic E-state index is 9.18. The molecule has 0 heterocycles. The summed E-state index contributed by atoms with van der Waals surface area (Å²) < 4.78 is 4.15. The van der Waals surface area contributed by atoms with Gasteiger partial charge in [-0.15, -0.1) is 0 Å². The van der Waals surface area contributed by atoms with Crippen molar-refractivity contribution < 1.29 is 62.3 Å². The van der Waals surface area contributed by atoms with Gasteiger partial charge >= 0.3 is 51.4 Å². The third kappa shape index (κ3) is 8.92. The van der Waals surface area contributed by atoms with E-state index >= 15 is 0 Å². The van der Waals surface area contributed by atoms with Crippen LogP contribution in [-0.2, 0) is 9.53 Å². The first-order chi connectivity index (χ1) is 2.41. The van der Waals surface area contributed by atoms with E-state index in [-0.39, 0.29) is 52.8 Å². The first-order valence-electron chi connectivity index (χ1n) is 1.47. The molecule has 0 fully saturated rings. The Morgan fingerprint density at radius 2 is 2.50 bits per heavy atom. The topological polar surface area (TPSA) is 26.3 Å². The van der Waals surface area contributed by atoms with E-state index in [0.717, 1.165) is 0 Å². The van der Waals surface area contributed by atoms with Gasteiger partial charge in [0.15, 0.2) is 0 Å². The Morgan fingerprint density at radius 3 is 2.50 bits per heavy atom. The second-order valence-corrected chi connectivity index (χ2v) is 0.552. The Morgan fingerprint density at radius 1 is 2.00 bits per heavy atom. The van der Waals surface area contributed by atoms with E-state index in [4.69, 9.17) is 0 Å². The van der Waals surface area contributed by atoms with E-state index in [1.807, 2.05) is 0 Å². The SMILES string of the molecule is CCOC=O.[H-].[K+]. The van der Waals surface area contributed by atoms with Crippen molar-refractivity contribution in [2.75, 3.05) is 6.61 Å². The largest absolute Gasteiger partial charge is 1.00 e. The minimum absolute atomic E-state index is 0. The zero-order valence-electron chi connectivity index (χ0n) is 5.10. The van der Waals surface area contributed by atoms with Crippen LogP contribution >= 0.6 is 0 Å². The van der Waals surface area contributed by atoms with Gasteiger partial charge in [-0.3, -0.25) is 4.79 Å². The summed E-state index contributed by atoms with van der Waals surface area (Å²) in [5, 5.41) is 0. The van der Waals surface area contributed by atoms with Gasteiger partial charge < -0.3 is 6.16 Å². The predicted molar refractivity (Wildman–Crippen MR) is 18.8 cm³/mol. The molecular formula is C3H7KO2. The maximum Gasteiger partial charge on any atom is 1.00 e. The van der Waals surface area contributed by atoms with Crippen LogP contribution in [-0.4, -0.2) is 13.1 Å². The molecule has 0 amide bonds. The molecule has 0 spiro atoms. The molecule has 6 heavy (non-hydrogen) atoms. The summed E-state index contributed by atoms with van der Waals surface area (Å²) in [6, 6.07) is 0. The van der Waals surface area contributed by atoms with E-state index < -0.39 is 0 Å². The van der Waals surface area contributed by atoms with E-state index in [1.165, 1.54) is 0 Å². The Hall–Kier alpha value is 1.11. The Bertz CT molecular complexity index is 34.1. The molecule has 0 N–H and O–H groups in total. The quantitative estimate of drug-likeness (QED) is 0.288. The van der Waals surface area contributed by atoms with Crippen molar-refractivity contribution in [3.63, 3.8) is 0 Å².